The summed E-state index contributed by atoms with van der Waals surface area (Å²) in [6.45, 7) is 1.55. The molecule has 0 unspecified atom stereocenters. The second-order valence-electron chi connectivity index (χ2n) is 2.78. The van der Waals surface area contributed by atoms with Crippen molar-refractivity contribution in [3.05, 3.63) is 0 Å². The third-order valence-electron chi connectivity index (χ3n) is 1.60. The first kappa shape index (κ1) is 6.75. The smallest absolute Gasteiger partial charge is 0.213 e. The van der Waals surface area contributed by atoms with Crippen LogP contribution in [0.5, 0.6) is 0 Å². The molecule has 0 atom stereocenters. The summed E-state index contributed by atoms with van der Waals surface area (Å²) in [5.74, 6) is 0.878. The molecule has 0 aromatic heterocycles. The fourth-order valence-corrected chi connectivity index (χ4v) is 0.916. The van der Waals surface area contributed by atoms with Gasteiger partial charge in [0.15, 0.2) is 0 Å². The molecule has 0 bridgehead atoms. The summed E-state index contributed by atoms with van der Waals surface area (Å²) >= 11 is 0. The third kappa shape index (κ3) is 2.61. The van der Waals surface area contributed by atoms with Gasteiger partial charge in [0.25, 0.3) is 0 Å². The van der Waals surface area contributed by atoms with Gasteiger partial charge in [-0.3, -0.25) is 9.69 Å². The number of carbonyl (C=O) groups excluding carboxylic acids is 1. The minimum atomic E-state index is 0.469. The Balaban J connectivity index is 2.01. The highest BCUT2D eigenvalue weighted by atomic mass is 16.1. The van der Waals surface area contributed by atoms with Crippen molar-refractivity contribution in [2.75, 3.05) is 20.1 Å². The Hall–Kier alpha value is -0.370. The zero-order valence-electron chi connectivity index (χ0n) is 5.76. The molecule has 0 spiro atoms. The first-order valence-corrected chi connectivity index (χ1v) is 3.36. The molecule has 1 fully saturated rings. The molecule has 0 amide bonds. The lowest BCUT2D eigenvalue weighted by Gasteiger charge is -2.10. The van der Waals surface area contributed by atoms with Crippen molar-refractivity contribution in [2.45, 2.75) is 12.8 Å². The van der Waals surface area contributed by atoms with E-state index in [9.17, 15) is 4.79 Å². The topological polar surface area (TPSA) is 20.3 Å². The van der Waals surface area contributed by atoms with E-state index in [2.05, 4.69) is 0 Å². The highest BCUT2D eigenvalue weighted by Crippen LogP contribution is 2.28. The molecular weight excluding hydrogens is 114 g/mol. The standard InChI is InChI=1S/C7H12NO/c1-8(4-5-9)6-7-2-3-7/h7H,2-4,6H2,1H3. The molecular formula is C7H12NO. The predicted molar refractivity (Wildman–Crippen MR) is 35.9 cm³/mol. The highest BCUT2D eigenvalue weighted by molar-refractivity contribution is 5.52. The van der Waals surface area contributed by atoms with Gasteiger partial charge in [0.1, 0.15) is 0 Å². The highest BCUT2D eigenvalue weighted by Gasteiger charge is 2.22. The second kappa shape index (κ2) is 2.97. The van der Waals surface area contributed by atoms with Crippen molar-refractivity contribution in [3.8, 4) is 0 Å². The van der Waals surface area contributed by atoms with Crippen LogP contribution in [0.2, 0.25) is 0 Å². The number of nitrogens with zero attached hydrogens (tertiary/aromatic N) is 1. The first-order valence-electron chi connectivity index (χ1n) is 3.36. The first-order chi connectivity index (χ1) is 4.33. The van der Waals surface area contributed by atoms with E-state index in [1.807, 2.05) is 18.2 Å². The monoisotopic (exact) mass is 126 g/mol. The van der Waals surface area contributed by atoms with Crippen molar-refractivity contribution in [2.24, 2.45) is 5.92 Å². The van der Waals surface area contributed by atoms with Gasteiger partial charge < -0.3 is 0 Å². The van der Waals surface area contributed by atoms with Crippen LogP contribution in [0, 0.1) is 5.92 Å². The van der Waals surface area contributed by atoms with Crippen molar-refractivity contribution >= 4 is 6.29 Å². The van der Waals surface area contributed by atoms with Crippen LogP contribution in [0.1, 0.15) is 12.8 Å². The minimum absolute atomic E-state index is 0.469. The molecule has 0 aromatic carbocycles. The molecule has 1 aliphatic rings. The summed E-state index contributed by atoms with van der Waals surface area (Å²) in [7, 11) is 1.96. The Morgan fingerprint density at radius 1 is 1.67 bits per heavy atom. The molecule has 1 saturated carbocycles. The zero-order valence-corrected chi connectivity index (χ0v) is 5.76. The van der Waals surface area contributed by atoms with E-state index in [4.69, 9.17) is 0 Å². The van der Waals surface area contributed by atoms with E-state index in [0.29, 0.717) is 6.54 Å². The molecule has 1 radical (unpaired) electrons. The maximum absolute atomic E-state index is 9.85. The molecule has 0 aromatic rings. The van der Waals surface area contributed by atoms with Crippen molar-refractivity contribution in [3.63, 3.8) is 0 Å². The second-order valence-corrected chi connectivity index (χ2v) is 2.78. The average molecular weight is 126 g/mol. The van der Waals surface area contributed by atoms with Crippen molar-refractivity contribution in [1.29, 1.82) is 0 Å². The molecule has 1 aliphatic carbocycles. The summed E-state index contributed by atoms with van der Waals surface area (Å²) < 4.78 is 0. The summed E-state index contributed by atoms with van der Waals surface area (Å²) in [6.07, 6.45) is 4.58. The Bertz CT molecular complexity index is 99.1. The van der Waals surface area contributed by atoms with Gasteiger partial charge in [-0.1, -0.05) is 0 Å². The van der Waals surface area contributed by atoms with Crippen LogP contribution in [-0.4, -0.2) is 31.3 Å². The van der Waals surface area contributed by atoms with Crippen LogP contribution in [0.4, 0.5) is 0 Å². The molecule has 0 aliphatic heterocycles. The number of likely N-dealkylation sites (N-methyl/N-ethyl adjacent to an activating group) is 1. The predicted octanol–water partition coefficient (Wildman–Crippen LogP) is 0.438. The number of hydrogen-bond acceptors (Lipinski definition) is 2. The van der Waals surface area contributed by atoms with Gasteiger partial charge in [-0.25, -0.2) is 0 Å². The van der Waals surface area contributed by atoms with E-state index in [-0.39, 0.29) is 0 Å². The van der Waals surface area contributed by atoms with E-state index in [1.165, 1.54) is 12.8 Å². The van der Waals surface area contributed by atoms with Gasteiger partial charge in [-0.05, 0) is 25.8 Å². The quantitative estimate of drug-likeness (QED) is 0.544. The van der Waals surface area contributed by atoms with Crippen molar-refractivity contribution in [1.82, 2.24) is 4.90 Å². The van der Waals surface area contributed by atoms with Gasteiger partial charge in [0, 0.05) is 6.54 Å². The Morgan fingerprint density at radius 3 is 2.78 bits per heavy atom. The Kier molecular flexibility index (Phi) is 2.22. The van der Waals surface area contributed by atoms with Gasteiger partial charge in [0.2, 0.25) is 6.29 Å². The molecule has 9 heavy (non-hydrogen) atoms. The number of rotatable bonds is 4. The van der Waals surface area contributed by atoms with Crippen LogP contribution in [-0.2, 0) is 4.79 Å². The summed E-state index contributed by atoms with van der Waals surface area (Å²) in [5, 5.41) is 0. The zero-order chi connectivity index (χ0) is 6.69. The summed E-state index contributed by atoms with van der Waals surface area (Å²) in [6, 6.07) is 0. The fourth-order valence-electron chi connectivity index (χ4n) is 0.916. The van der Waals surface area contributed by atoms with Crippen LogP contribution in [0.15, 0.2) is 0 Å². The lowest BCUT2D eigenvalue weighted by atomic mass is 10.4. The lowest BCUT2D eigenvalue weighted by Crippen LogP contribution is -2.22. The molecule has 51 valence electrons. The van der Waals surface area contributed by atoms with E-state index < -0.39 is 0 Å². The summed E-state index contributed by atoms with van der Waals surface area (Å²) in [4.78, 5) is 11.9. The van der Waals surface area contributed by atoms with Gasteiger partial charge in [-0.15, -0.1) is 0 Å². The third-order valence-corrected chi connectivity index (χ3v) is 1.60. The number of hydrogen-bond donors (Lipinski definition) is 0. The van der Waals surface area contributed by atoms with E-state index >= 15 is 0 Å². The minimum Gasteiger partial charge on any atom is -0.299 e. The lowest BCUT2D eigenvalue weighted by molar-refractivity contribution is 0.356. The van der Waals surface area contributed by atoms with Crippen LogP contribution in [0.25, 0.3) is 0 Å². The van der Waals surface area contributed by atoms with Crippen LogP contribution in [0.3, 0.4) is 0 Å². The Morgan fingerprint density at radius 2 is 2.33 bits per heavy atom. The van der Waals surface area contributed by atoms with Gasteiger partial charge in [-0.2, -0.15) is 0 Å². The van der Waals surface area contributed by atoms with E-state index in [0.717, 1.165) is 12.5 Å². The van der Waals surface area contributed by atoms with E-state index in [1.54, 1.807) is 0 Å². The van der Waals surface area contributed by atoms with Crippen LogP contribution >= 0.6 is 0 Å². The molecule has 1 rings (SSSR count). The van der Waals surface area contributed by atoms with Gasteiger partial charge in [0.05, 0.1) is 6.54 Å². The molecule has 2 nitrogen and oxygen atoms in total. The molecule has 2 heteroatoms. The molecule has 0 N–H and O–H groups in total. The average Bonchev–Trinajstić information content (AvgIpc) is 2.50. The van der Waals surface area contributed by atoms with Crippen LogP contribution < -0.4 is 0 Å². The normalized spacial score (nSPS) is 18.4. The summed E-state index contributed by atoms with van der Waals surface area (Å²) in [5.41, 5.74) is 0. The Labute approximate surface area is 55.8 Å². The molecule has 0 saturated heterocycles. The maximum atomic E-state index is 9.85. The van der Waals surface area contributed by atoms with Crippen molar-refractivity contribution < 1.29 is 4.79 Å². The van der Waals surface area contributed by atoms with Gasteiger partial charge >= 0.3 is 0 Å². The SMILES string of the molecule is CN(C[C]=O)CC1CC1. The maximum Gasteiger partial charge on any atom is 0.213 e. The largest absolute Gasteiger partial charge is 0.299 e. The molecule has 0 heterocycles. The fraction of sp³-hybridized carbons (Fsp3) is 0.857.